The van der Waals surface area contributed by atoms with Crippen molar-refractivity contribution in [2.75, 3.05) is 0 Å². The largest absolute Gasteiger partial charge is 0.481 e. The summed E-state index contributed by atoms with van der Waals surface area (Å²) >= 11 is 0. The van der Waals surface area contributed by atoms with Crippen LogP contribution in [0.25, 0.3) is 0 Å². The van der Waals surface area contributed by atoms with Crippen LogP contribution < -0.4 is 5.32 Å². The molecule has 1 amide bonds. The molecule has 0 aliphatic rings. The van der Waals surface area contributed by atoms with Gasteiger partial charge in [-0.25, -0.2) is 4.39 Å². The lowest BCUT2D eigenvalue weighted by atomic mass is 10.0. The molecule has 4 nitrogen and oxygen atoms in total. The van der Waals surface area contributed by atoms with E-state index in [9.17, 15) is 14.0 Å². The van der Waals surface area contributed by atoms with Crippen LogP contribution in [0, 0.1) is 11.7 Å². The Balaban J connectivity index is 2.47. The Morgan fingerprint density at radius 1 is 1.21 bits per heavy atom. The number of benzene rings is 1. The molecule has 0 bridgehead atoms. The third kappa shape index (κ3) is 5.50. The second kappa shape index (κ2) is 6.87. The molecule has 1 aromatic rings. The number of aliphatic carboxylic acids is 1. The maximum Gasteiger partial charge on any atom is 0.303 e. The lowest BCUT2D eigenvalue weighted by molar-refractivity contribution is -0.138. The summed E-state index contributed by atoms with van der Waals surface area (Å²) in [5.41, 5.74) is 0.806. The summed E-state index contributed by atoms with van der Waals surface area (Å²) in [6.07, 6.45) is 0.135. The van der Waals surface area contributed by atoms with E-state index in [1.165, 1.54) is 12.1 Å². The fourth-order valence-electron chi connectivity index (χ4n) is 1.82. The van der Waals surface area contributed by atoms with Crippen LogP contribution in [0.2, 0.25) is 0 Å². The van der Waals surface area contributed by atoms with Crippen molar-refractivity contribution >= 4 is 11.9 Å². The van der Waals surface area contributed by atoms with Gasteiger partial charge in [0.2, 0.25) is 5.91 Å². The van der Waals surface area contributed by atoms with E-state index in [-0.39, 0.29) is 36.5 Å². The Morgan fingerprint density at radius 3 is 2.32 bits per heavy atom. The molecule has 0 radical (unpaired) electrons. The molecular formula is C14H18FNO3. The number of hydrogen-bond donors (Lipinski definition) is 2. The van der Waals surface area contributed by atoms with Gasteiger partial charge in [-0.05, 0) is 30.5 Å². The predicted molar refractivity (Wildman–Crippen MR) is 69.0 cm³/mol. The van der Waals surface area contributed by atoms with Crippen molar-refractivity contribution in [3.63, 3.8) is 0 Å². The van der Waals surface area contributed by atoms with E-state index < -0.39 is 5.97 Å². The molecular weight excluding hydrogens is 249 g/mol. The van der Waals surface area contributed by atoms with Gasteiger partial charge in [0, 0.05) is 12.8 Å². The van der Waals surface area contributed by atoms with Crippen LogP contribution in [0.3, 0.4) is 0 Å². The minimum Gasteiger partial charge on any atom is -0.481 e. The van der Waals surface area contributed by atoms with Gasteiger partial charge in [0.1, 0.15) is 5.82 Å². The molecule has 0 spiro atoms. The van der Waals surface area contributed by atoms with E-state index in [1.807, 2.05) is 0 Å². The summed E-state index contributed by atoms with van der Waals surface area (Å²) < 4.78 is 12.8. The highest BCUT2D eigenvalue weighted by Gasteiger charge is 2.15. The second-order valence-corrected chi connectivity index (χ2v) is 4.75. The highest BCUT2D eigenvalue weighted by atomic mass is 19.1. The molecule has 2 N–H and O–H groups in total. The second-order valence-electron chi connectivity index (χ2n) is 4.75. The molecule has 2 unspecified atom stereocenters. The Hall–Kier alpha value is -1.91. The molecule has 2 atom stereocenters. The molecule has 0 saturated heterocycles. The fraction of sp³-hybridized carbons (Fsp3) is 0.429. The maximum atomic E-state index is 12.8. The van der Waals surface area contributed by atoms with Crippen molar-refractivity contribution in [1.82, 2.24) is 5.32 Å². The topological polar surface area (TPSA) is 66.4 Å². The SMILES string of the molecule is CC(CC(=O)O)CC(=O)NC(C)c1ccc(F)cc1. The quantitative estimate of drug-likeness (QED) is 0.832. The van der Waals surface area contributed by atoms with Crippen molar-refractivity contribution in [2.45, 2.75) is 32.7 Å². The smallest absolute Gasteiger partial charge is 0.303 e. The molecule has 1 aromatic carbocycles. The number of hydrogen-bond acceptors (Lipinski definition) is 2. The van der Waals surface area contributed by atoms with Crippen LogP contribution >= 0.6 is 0 Å². The van der Waals surface area contributed by atoms with E-state index in [1.54, 1.807) is 26.0 Å². The zero-order valence-corrected chi connectivity index (χ0v) is 11.0. The van der Waals surface area contributed by atoms with Crippen LogP contribution in [0.15, 0.2) is 24.3 Å². The first kappa shape index (κ1) is 15.1. The monoisotopic (exact) mass is 267 g/mol. The summed E-state index contributed by atoms with van der Waals surface area (Å²) in [6.45, 7) is 3.52. The van der Waals surface area contributed by atoms with Crippen LogP contribution in [-0.2, 0) is 9.59 Å². The van der Waals surface area contributed by atoms with Crippen molar-refractivity contribution in [2.24, 2.45) is 5.92 Å². The molecule has 0 fully saturated rings. The van der Waals surface area contributed by atoms with Crippen LogP contribution in [-0.4, -0.2) is 17.0 Å². The van der Waals surface area contributed by atoms with Gasteiger partial charge in [-0.2, -0.15) is 0 Å². The molecule has 19 heavy (non-hydrogen) atoms. The number of rotatable bonds is 6. The molecule has 0 saturated carbocycles. The average molecular weight is 267 g/mol. The Labute approximate surface area is 111 Å². The minimum absolute atomic E-state index is 0.0294. The first-order chi connectivity index (χ1) is 8.88. The summed E-state index contributed by atoms with van der Waals surface area (Å²) in [6, 6.07) is 5.67. The molecule has 104 valence electrons. The van der Waals surface area contributed by atoms with Gasteiger partial charge in [-0.3, -0.25) is 9.59 Å². The number of nitrogens with one attached hydrogen (secondary N) is 1. The van der Waals surface area contributed by atoms with Crippen molar-refractivity contribution in [3.05, 3.63) is 35.6 Å². The number of halogens is 1. The lowest BCUT2D eigenvalue weighted by Gasteiger charge is -2.16. The zero-order chi connectivity index (χ0) is 14.4. The van der Waals surface area contributed by atoms with Gasteiger partial charge in [-0.15, -0.1) is 0 Å². The van der Waals surface area contributed by atoms with Gasteiger partial charge in [0.05, 0.1) is 6.04 Å². The molecule has 0 aromatic heterocycles. The molecule has 0 aliphatic carbocycles. The van der Waals surface area contributed by atoms with Gasteiger partial charge in [0.25, 0.3) is 0 Å². The number of carboxylic acid groups (broad SMARTS) is 1. The number of carbonyl (C=O) groups excluding carboxylic acids is 1. The first-order valence-electron chi connectivity index (χ1n) is 6.15. The third-order valence-electron chi connectivity index (χ3n) is 2.80. The number of carbonyl (C=O) groups is 2. The van der Waals surface area contributed by atoms with Crippen LogP contribution in [0.4, 0.5) is 4.39 Å². The number of amides is 1. The van der Waals surface area contributed by atoms with E-state index in [0.717, 1.165) is 5.56 Å². The van der Waals surface area contributed by atoms with E-state index in [4.69, 9.17) is 5.11 Å². The highest BCUT2D eigenvalue weighted by molar-refractivity contribution is 5.77. The van der Waals surface area contributed by atoms with Crippen molar-refractivity contribution in [3.8, 4) is 0 Å². The number of carboxylic acids is 1. The van der Waals surface area contributed by atoms with Gasteiger partial charge < -0.3 is 10.4 Å². The first-order valence-corrected chi connectivity index (χ1v) is 6.15. The fourth-order valence-corrected chi connectivity index (χ4v) is 1.82. The zero-order valence-electron chi connectivity index (χ0n) is 11.0. The van der Waals surface area contributed by atoms with Crippen LogP contribution in [0.5, 0.6) is 0 Å². The predicted octanol–water partition coefficient (Wildman–Crippen LogP) is 2.50. The molecule has 1 rings (SSSR count). The van der Waals surface area contributed by atoms with Crippen LogP contribution in [0.1, 0.15) is 38.3 Å². The standard InChI is InChI=1S/C14H18FNO3/c1-9(8-14(18)19)7-13(17)16-10(2)11-3-5-12(15)6-4-11/h3-6,9-10H,7-8H2,1-2H3,(H,16,17)(H,18,19). The summed E-state index contributed by atoms with van der Waals surface area (Å²) in [7, 11) is 0. The Bertz CT molecular complexity index is 445. The summed E-state index contributed by atoms with van der Waals surface area (Å²) in [5, 5.41) is 11.4. The maximum absolute atomic E-state index is 12.8. The van der Waals surface area contributed by atoms with Gasteiger partial charge in [0.15, 0.2) is 0 Å². The minimum atomic E-state index is -0.910. The molecule has 0 aliphatic heterocycles. The Morgan fingerprint density at radius 2 is 1.79 bits per heavy atom. The van der Waals surface area contributed by atoms with Gasteiger partial charge >= 0.3 is 5.97 Å². The van der Waals surface area contributed by atoms with Crippen molar-refractivity contribution < 1.29 is 19.1 Å². The normalized spacial score (nSPS) is 13.6. The molecule has 0 heterocycles. The lowest BCUT2D eigenvalue weighted by Crippen LogP contribution is -2.28. The highest BCUT2D eigenvalue weighted by Crippen LogP contribution is 2.14. The third-order valence-corrected chi connectivity index (χ3v) is 2.80. The summed E-state index contributed by atoms with van der Waals surface area (Å²) in [5.74, 6) is -1.65. The van der Waals surface area contributed by atoms with E-state index >= 15 is 0 Å². The summed E-state index contributed by atoms with van der Waals surface area (Å²) in [4.78, 5) is 22.2. The Kier molecular flexibility index (Phi) is 5.48. The average Bonchev–Trinajstić information content (AvgIpc) is 2.27. The van der Waals surface area contributed by atoms with E-state index in [2.05, 4.69) is 5.32 Å². The van der Waals surface area contributed by atoms with E-state index in [0.29, 0.717) is 0 Å². The molecule has 5 heteroatoms. The van der Waals surface area contributed by atoms with Crippen molar-refractivity contribution in [1.29, 1.82) is 0 Å². The van der Waals surface area contributed by atoms with Gasteiger partial charge in [-0.1, -0.05) is 19.1 Å².